The molecule has 36 heavy (non-hydrogen) atoms. The van der Waals surface area contributed by atoms with Gasteiger partial charge in [0.15, 0.2) is 0 Å². The third kappa shape index (κ3) is 7.42. The molecule has 0 aliphatic heterocycles. The summed E-state index contributed by atoms with van der Waals surface area (Å²) in [5.74, 6) is -1.32. The van der Waals surface area contributed by atoms with Gasteiger partial charge in [-0.2, -0.15) is 12.6 Å². The quantitative estimate of drug-likeness (QED) is 0.262. The fourth-order valence-corrected chi connectivity index (χ4v) is 3.92. The number of terminal acetylenes is 1. The minimum atomic E-state index is -1.21. The average Bonchev–Trinajstić information content (AvgIpc) is 2.78. The number of para-hydroxylation sites is 1. The number of hydrogen-bond acceptors (Lipinski definition) is 5. The molecule has 0 aliphatic carbocycles. The summed E-state index contributed by atoms with van der Waals surface area (Å²) in [6.07, 6.45) is 4.98. The highest BCUT2D eigenvalue weighted by Gasteiger charge is 2.36. The first-order valence-corrected chi connectivity index (χ1v) is 12.3. The van der Waals surface area contributed by atoms with Crippen LogP contribution in [-0.4, -0.2) is 40.2 Å². The maximum Gasteiger partial charge on any atom is 0.408 e. The largest absolute Gasteiger partial charge is 0.444 e. The number of hydrogen-bond donors (Lipinski definition) is 3. The van der Waals surface area contributed by atoms with E-state index in [2.05, 4.69) is 29.3 Å². The fourth-order valence-electron chi connectivity index (χ4n) is 3.40. The summed E-state index contributed by atoms with van der Waals surface area (Å²) in [6, 6.07) is 10.6. The number of rotatable bonds is 7. The van der Waals surface area contributed by atoms with Crippen molar-refractivity contribution < 1.29 is 19.1 Å². The molecule has 0 radical (unpaired) electrons. The molecule has 192 valence electrons. The maximum absolute atomic E-state index is 13.6. The van der Waals surface area contributed by atoms with E-state index in [1.807, 2.05) is 19.9 Å². The Labute approximate surface area is 223 Å². The Bertz CT molecular complexity index is 1170. The summed E-state index contributed by atoms with van der Waals surface area (Å²) in [6.45, 7) is 10.7. The number of amides is 3. The summed E-state index contributed by atoms with van der Waals surface area (Å²) in [5, 5.41) is 5.66. The van der Waals surface area contributed by atoms with Gasteiger partial charge in [0.25, 0.3) is 11.8 Å². The van der Waals surface area contributed by atoms with Crippen molar-refractivity contribution in [1.82, 2.24) is 10.2 Å². The third-order valence-corrected chi connectivity index (χ3v) is 6.05. The predicted molar refractivity (Wildman–Crippen MR) is 146 cm³/mol. The molecule has 3 amide bonds. The van der Waals surface area contributed by atoms with Crippen molar-refractivity contribution in [2.75, 3.05) is 11.1 Å². The SMILES string of the molecule is C#CN(C(=O)C(CS)NC(=O)OC(C)(C)C)C(C(=O)Nc1c(C)cccc1Cl)c1ccc(C)c(C)c1. The molecule has 0 aliphatic rings. The molecule has 0 spiro atoms. The van der Waals surface area contributed by atoms with Crippen LogP contribution in [0.3, 0.4) is 0 Å². The molecule has 0 fully saturated rings. The second-order valence-corrected chi connectivity index (χ2v) is 10.2. The van der Waals surface area contributed by atoms with Gasteiger partial charge in [-0.15, -0.1) is 0 Å². The van der Waals surface area contributed by atoms with E-state index >= 15 is 0 Å². The van der Waals surface area contributed by atoms with Crippen molar-refractivity contribution in [1.29, 1.82) is 0 Å². The van der Waals surface area contributed by atoms with E-state index in [-0.39, 0.29) is 5.75 Å². The van der Waals surface area contributed by atoms with Crippen molar-refractivity contribution in [2.45, 2.75) is 59.2 Å². The number of nitrogens with one attached hydrogen (secondary N) is 2. The lowest BCUT2D eigenvalue weighted by molar-refractivity contribution is -0.136. The summed E-state index contributed by atoms with van der Waals surface area (Å²) in [5.41, 5.74) is 2.82. The molecule has 0 aromatic heterocycles. The topological polar surface area (TPSA) is 87.7 Å². The zero-order valence-corrected chi connectivity index (χ0v) is 23.0. The van der Waals surface area contributed by atoms with Gasteiger partial charge < -0.3 is 15.4 Å². The number of nitrogens with zero attached hydrogens (tertiary/aromatic N) is 1. The maximum atomic E-state index is 13.6. The monoisotopic (exact) mass is 529 g/mol. The number of thiol groups is 1. The van der Waals surface area contributed by atoms with Crippen LogP contribution in [0.15, 0.2) is 36.4 Å². The zero-order valence-electron chi connectivity index (χ0n) is 21.3. The molecule has 2 aromatic carbocycles. The number of carbonyl (C=O) groups excluding carboxylic acids is 3. The first kappa shape index (κ1) is 29.1. The van der Waals surface area contributed by atoms with Gasteiger partial charge in [0, 0.05) is 11.8 Å². The molecule has 0 saturated carbocycles. The highest BCUT2D eigenvalue weighted by atomic mass is 35.5. The first-order valence-electron chi connectivity index (χ1n) is 11.3. The number of carbonyl (C=O) groups is 3. The van der Waals surface area contributed by atoms with Crippen molar-refractivity contribution in [3.63, 3.8) is 0 Å². The van der Waals surface area contributed by atoms with Crippen LogP contribution in [0.1, 0.15) is 49.1 Å². The number of anilines is 1. The van der Waals surface area contributed by atoms with Crippen LogP contribution in [0, 0.1) is 33.2 Å². The van der Waals surface area contributed by atoms with E-state index in [0.29, 0.717) is 16.3 Å². The Hall–Kier alpha value is -3.15. The lowest BCUT2D eigenvalue weighted by Crippen LogP contribution is -2.51. The minimum absolute atomic E-state index is 0.0683. The Morgan fingerprint density at radius 1 is 1.11 bits per heavy atom. The van der Waals surface area contributed by atoms with Crippen molar-refractivity contribution >= 4 is 47.8 Å². The zero-order chi connectivity index (χ0) is 27.2. The summed E-state index contributed by atoms with van der Waals surface area (Å²) in [4.78, 5) is 40.5. The Balaban J connectivity index is 2.49. The molecule has 2 unspecified atom stereocenters. The average molecular weight is 530 g/mol. The predicted octanol–water partition coefficient (Wildman–Crippen LogP) is 5.19. The van der Waals surface area contributed by atoms with Crippen molar-refractivity contribution in [3.8, 4) is 12.5 Å². The molecule has 7 nitrogen and oxygen atoms in total. The molecule has 2 atom stereocenters. The molecular weight excluding hydrogens is 498 g/mol. The van der Waals surface area contributed by atoms with Crippen LogP contribution in [0.2, 0.25) is 5.02 Å². The lowest BCUT2D eigenvalue weighted by Gasteiger charge is -2.30. The fraction of sp³-hybridized carbons (Fsp3) is 0.370. The van der Waals surface area contributed by atoms with Gasteiger partial charge in [0.05, 0.1) is 10.7 Å². The Morgan fingerprint density at radius 2 is 1.78 bits per heavy atom. The molecule has 0 bridgehead atoms. The Kier molecular flexibility index (Phi) is 9.85. The second kappa shape index (κ2) is 12.2. The Morgan fingerprint density at radius 3 is 2.31 bits per heavy atom. The number of benzene rings is 2. The number of ether oxygens (including phenoxy) is 1. The number of aryl methyl sites for hydroxylation is 3. The molecule has 2 rings (SSSR count). The second-order valence-electron chi connectivity index (χ2n) is 9.39. The minimum Gasteiger partial charge on any atom is -0.444 e. The molecule has 2 N–H and O–H groups in total. The molecule has 0 heterocycles. The molecule has 2 aromatic rings. The van der Waals surface area contributed by atoms with E-state index in [1.165, 1.54) is 0 Å². The van der Waals surface area contributed by atoms with Gasteiger partial charge >= 0.3 is 6.09 Å². The normalized spacial score (nSPS) is 12.6. The first-order chi connectivity index (χ1) is 16.8. The smallest absolute Gasteiger partial charge is 0.408 e. The van der Waals surface area contributed by atoms with Crippen LogP contribution in [0.25, 0.3) is 0 Å². The van der Waals surface area contributed by atoms with Crippen molar-refractivity contribution in [2.24, 2.45) is 0 Å². The van der Waals surface area contributed by atoms with E-state index in [4.69, 9.17) is 22.8 Å². The summed E-state index contributed by atoms with van der Waals surface area (Å²) >= 11 is 10.5. The highest BCUT2D eigenvalue weighted by Crippen LogP contribution is 2.30. The highest BCUT2D eigenvalue weighted by molar-refractivity contribution is 7.80. The van der Waals surface area contributed by atoms with Gasteiger partial charge in [0.1, 0.15) is 17.7 Å². The van der Waals surface area contributed by atoms with Gasteiger partial charge in [-0.3, -0.25) is 14.5 Å². The lowest BCUT2D eigenvalue weighted by atomic mass is 9.98. The molecule has 0 saturated heterocycles. The van der Waals surface area contributed by atoms with E-state index in [9.17, 15) is 14.4 Å². The standard InChI is InChI=1S/C27H32ClN3O4S/c1-8-31(25(33)21(15-36)29-26(34)35-27(5,6)7)23(19-13-12-16(2)18(4)14-19)24(32)30-22-17(3)10-9-11-20(22)28/h1,9-14,21,23,36H,15H2,2-7H3,(H,29,34)(H,30,32). The van der Waals surface area contributed by atoms with Gasteiger partial charge in [-0.1, -0.05) is 48.4 Å². The van der Waals surface area contributed by atoms with Crippen LogP contribution >= 0.6 is 24.2 Å². The summed E-state index contributed by atoms with van der Waals surface area (Å²) < 4.78 is 5.26. The van der Waals surface area contributed by atoms with E-state index in [0.717, 1.165) is 21.6 Å². The van der Waals surface area contributed by atoms with E-state index in [1.54, 1.807) is 58.0 Å². The van der Waals surface area contributed by atoms with Crippen molar-refractivity contribution in [3.05, 3.63) is 63.7 Å². The van der Waals surface area contributed by atoms with Gasteiger partial charge in [0.2, 0.25) is 0 Å². The van der Waals surface area contributed by atoms with Gasteiger partial charge in [-0.25, -0.2) is 4.79 Å². The molecular formula is C27H32ClN3O4S. The number of halogens is 1. The van der Waals surface area contributed by atoms with Crippen LogP contribution < -0.4 is 10.6 Å². The van der Waals surface area contributed by atoms with Gasteiger partial charge in [-0.05, 0) is 69.9 Å². The third-order valence-electron chi connectivity index (χ3n) is 5.37. The van der Waals surface area contributed by atoms with E-state index < -0.39 is 35.6 Å². The number of alkyl carbamates (subject to hydrolysis) is 1. The van der Waals surface area contributed by atoms with Crippen LogP contribution in [0.4, 0.5) is 10.5 Å². The molecule has 9 heteroatoms. The summed E-state index contributed by atoms with van der Waals surface area (Å²) in [7, 11) is 0. The van der Waals surface area contributed by atoms with Crippen LogP contribution in [-0.2, 0) is 14.3 Å². The van der Waals surface area contributed by atoms with Crippen LogP contribution in [0.5, 0.6) is 0 Å².